The zero-order valence-electron chi connectivity index (χ0n) is 13.8. The van der Waals surface area contributed by atoms with Crippen LogP contribution in [0.15, 0.2) is 28.7 Å². The van der Waals surface area contributed by atoms with Gasteiger partial charge in [-0.1, -0.05) is 41.4 Å². The number of sulfonamides is 1. The number of rotatable bonds is 8. The second kappa shape index (κ2) is 9.16. The van der Waals surface area contributed by atoms with Crippen molar-refractivity contribution in [1.29, 1.82) is 0 Å². The maximum atomic E-state index is 12.1. The number of halogens is 1. The molecule has 130 valence electrons. The summed E-state index contributed by atoms with van der Waals surface area (Å²) < 4.78 is 27.9. The van der Waals surface area contributed by atoms with Crippen LogP contribution >= 0.6 is 15.9 Å². The minimum Gasteiger partial charge on any atom is -0.300 e. The van der Waals surface area contributed by atoms with E-state index >= 15 is 0 Å². The first-order chi connectivity index (χ1) is 11.0. The smallest absolute Gasteiger partial charge is 0.215 e. The largest absolute Gasteiger partial charge is 0.300 e. The molecule has 0 bridgehead atoms. The third-order valence-corrected chi connectivity index (χ3v) is 6.32. The lowest BCUT2D eigenvalue weighted by Crippen LogP contribution is -2.40. The van der Waals surface area contributed by atoms with Gasteiger partial charge in [0.2, 0.25) is 10.0 Å². The summed E-state index contributed by atoms with van der Waals surface area (Å²) in [6.45, 7) is 4.90. The molecule has 1 aliphatic heterocycles. The molecule has 23 heavy (non-hydrogen) atoms. The first-order valence-electron chi connectivity index (χ1n) is 8.46. The van der Waals surface area contributed by atoms with Crippen LogP contribution in [-0.4, -0.2) is 39.0 Å². The highest BCUT2D eigenvalue weighted by atomic mass is 79.9. The predicted molar refractivity (Wildman–Crippen MR) is 98.9 cm³/mol. The van der Waals surface area contributed by atoms with E-state index in [2.05, 4.69) is 32.5 Å². The van der Waals surface area contributed by atoms with Gasteiger partial charge in [0.1, 0.15) is 0 Å². The minimum atomic E-state index is -3.25. The van der Waals surface area contributed by atoms with Crippen molar-refractivity contribution < 1.29 is 8.42 Å². The van der Waals surface area contributed by atoms with Crippen molar-refractivity contribution in [2.24, 2.45) is 0 Å². The molecule has 1 fully saturated rings. The second-order valence-electron chi connectivity index (χ2n) is 6.23. The van der Waals surface area contributed by atoms with Crippen molar-refractivity contribution in [1.82, 2.24) is 9.62 Å². The van der Waals surface area contributed by atoms with Gasteiger partial charge in [0.15, 0.2) is 0 Å². The Hall–Kier alpha value is -0.430. The Labute approximate surface area is 148 Å². The van der Waals surface area contributed by atoms with Gasteiger partial charge in [-0.15, -0.1) is 0 Å². The predicted octanol–water partition coefficient (Wildman–Crippen LogP) is 3.52. The fourth-order valence-electron chi connectivity index (χ4n) is 3.18. The standard InChI is InChI=1S/C17H27BrN2O2S/c1-2-17-6-3-4-12-20(17)13-5-11-19-23(21,22)14-15-7-9-16(18)10-8-15/h7-10,17,19H,2-6,11-14H2,1H3/t17-/m1/s1. The minimum absolute atomic E-state index is 0.0432. The molecule has 1 aliphatic rings. The van der Waals surface area contributed by atoms with E-state index in [1.807, 2.05) is 24.3 Å². The summed E-state index contributed by atoms with van der Waals surface area (Å²) in [5, 5.41) is 0. The van der Waals surface area contributed by atoms with Gasteiger partial charge in [0.25, 0.3) is 0 Å². The SMILES string of the molecule is CC[C@@H]1CCCCN1CCCNS(=O)(=O)Cc1ccc(Br)cc1. The van der Waals surface area contributed by atoms with Crippen LogP contribution in [0.2, 0.25) is 0 Å². The zero-order chi connectivity index (χ0) is 16.7. The van der Waals surface area contributed by atoms with Crippen molar-refractivity contribution in [3.63, 3.8) is 0 Å². The molecule has 0 unspecified atom stereocenters. The van der Waals surface area contributed by atoms with Gasteiger partial charge in [0.05, 0.1) is 5.75 Å². The van der Waals surface area contributed by atoms with E-state index in [0.29, 0.717) is 12.6 Å². The van der Waals surface area contributed by atoms with E-state index in [4.69, 9.17) is 0 Å². The Morgan fingerprint density at radius 1 is 1.26 bits per heavy atom. The van der Waals surface area contributed by atoms with Gasteiger partial charge in [-0.2, -0.15) is 0 Å². The van der Waals surface area contributed by atoms with Crippen LogP contribution in [0.3, 0.4) is 0 Å². The summed E-state index contributed by atoms with van der Waals surface area (Å²) in [7, 11) is -3.25. The van der Waals surface area contributed by atoms with Gasteiger partial charge in [-0.3, -0.25) is 0 Å². The van der Waals surface area contributed by atoms with Gasteiger partial charge < -0.3 is 4.90 Å². The lowest BCUT2D eigenvalue weighted by atomic mass is 10.00. The van der Waals surface area contributed by atoms with Crippen LogP contribution in [-0.2, 0) is 15.8 Å². The zero-order valence-corrected chi connectivity index (χ0v) is 16.2. The Bertz CT molecular complexity index is 575. The molecule has 1 atom stereocenters. The number of nitrogens with zero attached hydrogens (tertiary/aromatic N) is 1. The van der Waals surface area contributed by atoms with E-state index in [-0.39, 0.29) is 5.75 Å². The Kier molecular flexibility index (Phi) is 7.53. The van der Waals surface area contributed by atoms with E-state index in [1.165, 1.54) is 25.7 Å². The highest BCUT2D eigenvalue weighted by molar-refractivity contribution is 9.10. The molecule has 0 radical (unpaired) electrons. The van der Waals surface area contributed by atoms with Crippen LogP contribution in [0.5, 0.6) is 0 Å². The lowest BCUT2D eigenvalue weighted by Gasteiger charge is -2.35. The summed E-state index contributed by atoms with van der Waals surface area (Å²) in [5.41, 5.74) is 0.808. The van der Waals surface area contributed by atoms with Crippen LogP contribution in [0.1, 0.15) is 44.6 Å². The highest BCUT2D eigenvalue weighted by Gasteiger charge is 2.20. The number of nitrogens with one attached hydrogen (secondary N) is 1. The normalized spacial score (nSPS) is 19.8. The number of benzene rings is 1. The summed E-state index contributed by atoms with van der Waals surface area (Å²) in [4.78, 5) is 2.52. The van der Waals surface area contributed by atoms with Gasteiger partial charge in [-0.25, -0.2) is 13.1 Å². The molecule has 0 saturated carbocycles. The van der Waals surface area contributed by atoms with Gasteiger partial charge >= 0.3 is 0 Å². The van der Waals surface area contributed by atoms with Crippen molar-refractivity contribution in [2.75, 3.05) is 19.6 Å². The third kappa shape index (κ3) is 6.53. The number of hydrogen-bond donors (Lipinski definition) is 1. The highest BCUT2D eigenvalue weighted by Crippen LogP contribution is 2.19. The summed E-state index contributed by atoms with van der Waals surface area (Å²) in [6.07, 6.45) is 5.94. The molecule has 0 aromatic heterocycles. The first kappa shape index (κ1) is 18.9. The second-order valence-corrected chi connectivity index (χ2v) is 8.95. The molecule has 1 heterocycles. The van der Waals surface area contributed by atoms with Crippen molar-refractivity contribution in [3.8, 4) is 0 Å². The van der Waals surface area contributed by atoms with E-state index in [9.17, 15) is 8.42 Å². The molecule has 1 aromatic rings. The quantitative estimate of drug-likeness (QED) is 0.676. The van der Waals surface area contributed by atoms with E-state index in [1.54, 1.807) is 0 Å². The molecular weight excluding hydrogens is 376 g/mol. The molecule has 0 amide bonds. The Morgan fingerprint density at radius 2 is 2.00 bits per heavy atom. The Morgan fingerprint density at radius 3 is 2.70 bits per heavy atom. The summed E-state index contributed by atoms with van der Waals surface area (Å²) in [6, 6.07) is 8.09. The fraction of sp³-hybridized carbons (Fsp3) is 0.647. The molecule has 0 aliphatic carbocycles. The average Bonchev–Trinajstić information content (AvgIpc) is 2.54. The molecule has 2 rings (SSSR count). The van der Waals surface area contributed by atoms with Crippen molar-refractivity contribution >= 4 is 26.0 Å². The first-order valence-corrected chi connectivity index (χ1v) is 10.9. The molecule has 6 heteroatoms. The number of hydrogen-bond acceptors (Lipinski definition) is 3. The van der Waals surface area contributed by atoms with Gasteiger partial charge in [-0.05, 0) is 56.5 Å². The third-order valence-electron chi connectivity index (χ3n) is 4.43. The maximum absolute atomic E-state index is 12.1. The summed E-state index contributed by atoms with van der Waals surface area (Å²) in [5.74, 6) is 0.0432. The average molecular weight is 403 g/mol. The maximum Gasteiger partial charge on any atom is 0.215 e. The number of likely N-dealkylation sites (tertiary alicyclic amines) is 1. The topological polar surface area (TPSA) is 49.4 Å². The van der Waals surface area contributed by atoms with Crippen LogP contribution in [0.25, 0.3) is 0 Å². The molecule has 0 spiro atoms. The molecular formula is C17H27BrN2O2S. The van der Waals surface area contributed by atoms with Crippen LogP contribution in [0.4, 0.5) is 0 Å². The Balaban J connectivity index is 1.73. The van der Waals surface area contributed by atoms with Crippen LogP contribution in [0, 0.1) is 0 Å². The van der Waals surface area contributed by atoms with Crippen molar-refractivity contribution in [3.05, 3.63) is 34.3 Å². The van der Waals surface area contributed by atoms with E-state index < -0.39 is 10.0 Å². The molecule has 1 saturated heterocycles. The fourth-order valence-corrected chi connectivity index (χ4v) is 4.63. The van der Waals surface area contributed by atoms with E-state index in [0.717, 1.165) is 29.5 Å². The lowest BCUT2D eigenvalue weighted by molar-refractivity contribution is 0.143. The molecule has 4 nitrogen and oxygen atoms in total. The molecule has 1 N–H and O–H groups in total. The number of piperidine rings is 1. The van der Waals surface area contributed by atoms with Gasteiger partial charge in [0, 0.05) is 17.1 Å². The summed E-state index contributed by atoms with van der Waals surface area (Å²) >= 11 is 3.36. The van der Waals surface area contributed by atoms with Crippen LogP contribution < -0.4 is 4.72 Å². The van der Waals surface area contributed by atoms with Crippen molar-refractivity contribution in [2.45, 2.75) is 50.8 Å². The monoisotopic (exact) mass is 402 g/mol. The molecule has 1 aromatic carbocycles.